The van der Waals surface area contributed by atoms with Gasteiger partial charge in [0.05, 0.1) is 10.6 Å². The Hall–Kier alpha value is -2.55. The van der Waals surface area contributed by atoms with E-state index < -0.39 is 16.4 Å². The number of rotatable bonds is 3. The van der Waals surface area contributed by atoms with E-state index in [2.05, 4.69) is 31.4 Å². The van der Waals surface area contributed by atoms with Crippen LogP contribution >= 0.6 is 15.9 Å². The third-order valence-corrected chi connectivity index (χ3v) is 2.98. The topological polar surface area (TPSA) is 118 Å². The summed E-state index contributed by atoms with van der Waals surface area (Å²) in [6, 6.07) is 6.38. The molecule has 9 heteroatoms. The highest BCUT2D eigenvalue weighted by molar-refractivity contribution is 9.10. The highest BCUT2D eigenvalue weighted by atomic mass is 79.9. The van der Waals surface area contributed by atoms with Crippen LogP contribution in [-0.2, 0) is 0 Å². The highest BCUT2D eigenvalue weighted by Gasteiger charge is 2.13. The molecule has 0 saturated carbocycles. The normalized spacial score (nSPS) is 10.1. The van der Waals surface area contributed by atoms with Crippen molar-refractivity contribution in [1.82, 2.24) is 10.2 Å². The van der Waals surface area contributed by atoms with Crippen molar-refractivity contribution in [2.75, 3.05) is 5.32 Å². The first-order chi connectivity index (χ1) is 9.47. The van der Waals surface area contributed by atoms with Crippen LogP contribution in [-0.4, -0.2) is 21.0 Å². The molecule has 0 aliphatic rings. The molecule has 0 aliphatic heterocycles. The molecule has 2 rings (SSSR count). The van der Waals surface area contributed by atoms with Crippen molar-refractivity contribution in [3.63, 3.8) is 0 Å². The summed E-state index contributed by atoms with van der Waals surface area (Å²) < 4.78 is 0.365. The molecule has 0 unspecified atom stereocenters. The number of anilines is 1. The van der Waals surface area contributed by atoms with Gasteiger partial charge < -0.3 is 5.32 Å². The van der Waals surface area contributed by atoms with Crippen LogP contribution in [0, 0.1) is 10.1 Å². The minimum atomic E-state index is -0.546. The van der Waals surface area contributed by atoms with Crippen molar-refractivity contribution in [3.8, 4) is 0 Å². The SMILES string of the molecule is O=C(Nc1ccc([N+](=O)[O-])cc1Br)c1ccc(=O)[nH]n1. The van der Waals surface area contributed by atoms with E-state index in [1.165, 1.54) is 30.3 Å². The number of amides is 1. The standard InChI is InChI=1S/C11H7BrN4O4/c12-7-5-6(16(19)20)1-2-8(7)13-11(18)9-3-4-10(17)15-14-9/h1-5H,(H,13,18)(H,15,17). The summed E-state index contributed by atoms with van der Waals surface area (Å²) in [6.07, 6.45) is 0. The number of non-ortho nitro benzene ring substituents is 1. The predicted molar refractivity (Wildman–Crippen MR) is 73.6 cm³/mol. The fourth-order valence-corrected chi connectivity index (χ4v) is 1.84. The van der Waals surface area contributed by atoms with Gasteiger partial charge in [0.25, 0.3) is 17.2 Å². The van der Waals surface area contributed by atoms with Crippen LogP contribution in [0.3, 0.4) is 0 Å². The number of nitro groups is 1. The number of carbonyl (C=O) groups excluding carboxylic acids is 1. The maximum absolute atomic E-state index is 11.8. The summed E-state index contributed by atoms with van der Waals surface area (Å²) in [7, 11) is 0. The van der Waals surface area contributed by atoms with Gasteiger partial charge in [0.1, 0.15) is 5.69 Å². The molecule has 0 aliphatic carbocycles. The van der Waals surface area contributed by atoms with Crippen LogP contribution in [0.5, 0.6) is 0 Å². The Balaban J connectivity index is 2.21. The molecular formula is C11H7BrN4O4. The van der Waals surface area contributed by atoms with E-state index >= 15 is 0 Å². The average Bonchev–Trinajstić information content (AvgIpc) is 2.41. The van der Waals surface area contributed by atoms with Crippen molar-refractivity contribution in [3.05, 3.63) is 61.0 Å². The maximum atomic E-state index is 11.8. The Kier molecular flexibility index (Phi) is 3.89. The van der Waals surface area contributed by atoms with E-state index in [0.717, 1.165) is 0 Å². The van der Waals surface area contributed by atoms with Gasteiger partial charge in [-0.2, -0.15) is 5.10 Å². The smallest absolute Gasteiger partial charge is 0.276 e. The van der Waals surface area contributed by atoms with Gasteiger partial charge in [-0.05, 0) is 28.1 Å². The van der Waals surface area contributed by atoms with E-state index in [9.17, 15) is 19.7 Å². The molecule has 0 bridgehead atoms. The van der Waals surface area contributed by atoms with Crippen LogP contribution in [0.4, 0.5) is 11.4 Å². The zero-order valence-corrected chi connectivity index (χ0v) is 11.4. The number of nitrogens with zero attached hydrogens (tertiary/aromatic N) is 2. The number of halogens is 1. The molecule has 1 amide bonds. The number of aromatic amines is 1. The second kappa shape index (κ2) is 5.61. The summed E-state index contributed by atoms with van der Waals surface area (Å²) >= 11 is 3.13. The number of nitro benzene ring substituents is 1. The van der Waals surface area contributed by atoms with Crippen molar-refractivity contribution < 1.29 is 9.72 Å². The fourth-order valence-electron chi connectivity index (χ4n) is 1.38. The largest absolute Gasteiger partial charge is 0.320 e. The second-order valence-electron chi connectivity index (χ2n) is 3.68. The van der Waals surface area contributed by atoms with Crippen molar-refractivity contribution in [1.29, 1.82) is 0 Å². The first-order valence-electron chi connectivity index (χ1n) is 5.28. The lowest BCUT2D eigenvalue weighted by atomic mass is 10.2. The predicted octanol–water partition coefficient (Wildman–Crippen LogP) is 1.69. The average molecular weight is 339 g/mol. The summed E-state index contributed by atoms with van der Waals surface area (Å²) in [5.74, 6) is -0.546. The van der Waals surface area contributed by atoms with E-state index in [0.29, 0.717) is 10.2 Å². The molecule has 2 N–H and O–H groups in total. The van der Waals surface area contributed by atoms with Crippen LogP contribution in [0.1, 0.15) is 10.5 Å². The Bertz CT molecular complexity index is 723. The molecule has 0 fully saturated rings. The van der Waals surface area contributed by atoms with Crippen LogP contribution < -0.4 is 10.9 Å². The summed E-state index contributed by atoms with van der Waals surface area (Å²) in [5.41, 5.74) is -0.140. The lowest BCUT2D eigenvalue weighted by molar-refractivity contribution is -0.384. The van der Waals surface area contributed by atoms with E-state index in [-0.39, 0.29) is 11.4 Å². The molecule has 1 aromatic heterocycles. The van der Waals surface area contributed by atoms with Crippen molar-refractivity contribution >= 4 is 33.2 Å². The molecule has 1 heterocycles. The Morgan fingerprint density at radius 1 is 1.35 bits per heavy atom. The summed E-state index contributed by atoms with van der Waals surface area (Å²) in [5, 5.41) is 18.8. The van der Waals surface area contributed by atoms with Gasteiger partial charge in [-0.3, -0.25) is 19.7 Å². The maximum Gasteiger partial charge on any atom is 0.276 e. The van der Waals surface area contributed by atoms with Gasteiger partial charge in [0.2, 0.25) is 0 Å². The minimum absolute atomic E-state index is 0.0230. The number of nitrogens with one attached hydrogen (secondary N) is 2. The number of hydrogen-bond acceptors (Lipinski definition) is 5. The van der Waals surface area contributed by atoms with Crippen LogP contribution in [0.2, 0.25) is 0 Å². The summed E-state index contributed by atoms with van der Waals surface area (Å²) in [6.45, 7) is 0. The number of carbonyl (C=O) groups is 1. The minimum Gasteiger partial charge on any atom is -0.320 e. The van der Waals surface area contributed by atoms with Gasteiger partial charge in [0.15, 0.2) is 0 Å². The van der Waals surface area contributed by atoms with Gasteiger partial charge >= 0.3 is 0 Å². The third-order valence-electron chi connectivity index (χ3n) is 2.32. The molecule has 1 aromatic carbocycles. The first kappa shape index (κ1) is 13.9. The molecule has 2 aromatic rings. The Morgan fingerprint density at radius 2 is 2.10 bits per heavy atom. The van der Waals surface area contributed by atoms with E-state index in [4.69, 9.17) is 0 Å². The zero-order chi connectivity index (χ0) is 14.7. The number of hydrogen-bond donors (Lipinski definition) is 2. The van der Waals surface area contributed by atoms with Crippen LogP contribution in [0.25, 0.3) is 0 Å². The Labute approximate surface area is 120 Å². The third kappa shape index (κ3) is 3.06. The lowest BCUT2D eigenvalue weighted by Gasteiger charge is -2.06. The van der Waals surface area contributed by atoms with Crippen molar-refractivity contribution in [2.45, 2.75) is 0 Å². The van der Waals surface area contributed by atoms with E-state index in [1.54, 1.807) is 0 Å². The molecular weight excluding hydrogens is 332 g/mol. The molecule has 0 spiro atoms. The monoisotopic (exact) mass is 338 g/mol. The van der Waals surface area contributed by atoms with Gasteiger partial charge in [0, 0.05) is 22.7 Å². The quantitative estimate of drug-likeness (QED) is 0.652. The Morgan fingerprint density at radius 3 is 2.65 bits per heavy atom. The molecule has 8 nitrogen and oxygen atoms in total. The lowest BCUT2D eigenvalue weighted by Crippen LogP contribution is -2.17. The van der Waals surface area contributed by atoms with Gasteiger partial charge in [-0.1, -0.05) is 0 Å². The molecule has 0 radical (unpaired) electrons. The number of H-pyrrole nitrogens is 1. The first-order valence-corrected chi connectivity index (χ1v) is 6.07. The van der Waals surface area contributed by atoms with Gasteiger partial charge in [-0.25, -0.2) is 5.10 Å². The summed E-state index contributed by atoms with van der Waals surface area (Å²) in [4.78, 5) is 32.7. The molecule has 20 heavy (non-hydrogen) atoms. The fraction of sp³-hybridized carbons (Fsp3) is 0. The highest BCUT2D eigenvalue weighted by Crippen LogP contribution is 2.27. The number of benzene rings is 1. The second-order valence-corrected chi connectivity index (χ2v) is 4.54. The van der Waals surface area contributed by atoms with Gasteiger partial charge in [-0.15, -0.1) is 0 Å². The molecule has 0 saturated heterocycles. The molecule has 0 atom stereocenters. The van der Waals surface area contributed by atoms with Crippen LogP contribution in [0.15, 0.2) is 39.6 Å². The molecule has 102 valence electrons. The number of aromatic nitrogens is 2. The van der Waals surface area contributed by atoms with Crippen molar-refractivity contribution in [2.24, 2.45) is 0 Å². The van der Waals surface area contributed by atoms with E-state index in [1.807, 2.05) is 0 Å². The zero-order valence-electron chi connectivity index (χ0n) is 9.79.